The smallest absolute Gasteiger partial charge is 0.412 e. The second-order valence-corrected chi connectivity index (χ2v) is 11.1. The van der Waals surface area contributed by atoms with Gasteiger partial charge in [0, 0.05) is 38.6 Å². The number of benzene rings is 1. The summed E-state index contributed by atoms with van der Waals surface area (Å²) < 4.78 is 6.01. The number of carbonyl (C=O) groups is 1. The zero-order valence-electron chi connectivity index (χ0n) is 19.2. The van der Waals surface area contributed by atoms with Gasteiger partial charge in [-0.25, -0.2) is 4.79 Å². The lowest BCUT2D eigenvalue weighted by atomic mass is 9.78. The highest BCUT2D eigenvalue weighted by Crippen LogP contribution is 2.42. The third kappa shape index (κ3) is 4.88. The van der Waals surface area contributed by atoms with Gasteiger partial charge in [-0.3, -0.25) is 9.80 Å². The number of thiophene rings is 1. The van der Waals surface area contributed by atoms with Crippen LogP contribution in [0.4, 0.5) is 15.6 Å². The molecular formula is C25H32N4O2S2. The van der Waals surface area contributed by atoms with E-state index >= 15 is 0 Å². The Labute approximate surface area is 203 Å². The van der Waals surface area contributed by atoms with E-state index in [1.54, 1.807) is 18.6 Å². The largest absolute Gasteiger partial charge is 0.465 e. The molecule has 2 aliphatic rings. The fraction of sp³-hybridized carbons (Fsp3) is 0.520. The van der Waals surface area contributed by atoms with Crippen LogP contribution in [0.25, 0.3) is 10.1 Å². The molecule has 33 heavy (non-hydrogen) atoms. The number of rotatable bonds is 6. The summed E-state index contributed by atoms with van der Waals surface area (Å²) in [6.07, 6.45) is 5.25. The summed E-state index contributed by atoms with van der Waals surface area (Å²) in [5.41, 5.74) is 1.23. The minimum absolute atomic E-state index is 0.501. The average Bonchev–Trinajstić information content (AvgIpc) is 3.50. The molecule has 6 nitrogen and oxygen atoms in total. The van der Waals surface area contributed by atoms with Gasteiger partial charge in [0.15, 0.2) is 0 Å². The number of hydrogen-bond donors (Lipinski definition) is 1. The van der Waals surface area contributed by atoms with Gasteiger partial charge in [0.25, 0.3) is 0 Å². The van der Waals surface area contributed by atoms with E-state index in [0.717, 1.165) is 42.9 Å². The Balaban J connectivity index is 1.08. The first-order valence-electron chi connectivity index (χ1n) is 12.0. The molecule has 1 saturated heterocycles. The van der Waals surface area contributed by atoms with Crippen LogP contribution in [0.15, 0.2) is 35.7 Å². The third-order valence-corrected chi connectivity index (χ3v) is 9.26. The van der Waals surface area contributed by atoms with E-state index in [-0.39, 0.29) is 0 Å². The first-order chi connectivity index (χ1) is 16.1. The van der Waals surface area contributed by atoms with E-state index in [1.165, 1.54) is 70.5 Å². The lowest BCUT2D eigenvalue weighted by molar-refractivity contribution is 0.203. The second kappa shape index (κ2) is 9.99. The number of anilines is 2. The molecule has 1 aliphatic carbocycles. The van der Waals surface area contributed by atoms with Crippen molar-refractivity contribution in [2.45, 2.75) is 38.0 Å². The first-order valence-corrected chi connectivity index (χ1v) is 13.6. The second-order valence-electron chi connectivity index (χ2n) is 9.36. The Morgan fingerprint density at radius 3 is 2.64 bits per heavy atom. The van der Waals surface area contributed by atoms with Crippen LogP contribution in [0, 0.1) is 5.92 Å². The Morgan fingerprint density at radius 2 is 1.88 bits per heavy atom. The molecule has 1 aliphatic heterocycles. The quantitative estimate of drug-likeness (QED) is 0.468. The van der Waals surface area contributed by atoms with Gasteiger partial charge in [-0.05, 0) is 91.2 Å². The molecule has 176 valence electrons. The number of hydrogen-bond acceptors (Lipinski definition) is 6. The molecule has 1 N–H and O–H groups in total. The zero-order valence-corrected chi connectivity index (χ0v) is 20.8. The van der Waals surface area contributed by atoms with Gasteiger partial charge < -0.3 is 10.0 Å². The maximum Gasteiger partial charge on any atom is 0.412 e. The van der Waals surface area contributed by atoms with Crippen LogP contribution in [0.2, 0.25) is 0 Å². The van der Waals surface area contributed by atoms with E-state index in [0.29, 0.717) is 5.92 Å². The fourth-order valence-corrected chi connectivity index (χ4v) is 7.14. The Bertz CT molecular complexity index is 1080. The third-order valence-electron chi connectivity index (χ3n) is 7.44. The van der Waals surface area contributed by atoms with Crippen molar-refractivity contribution < 1.29 is 9.90 Å². The Morgan fingerprint density at radius 1 is 1.12 bits per heavy atom. The number of piperazine rings is 1. The van der Waals surface area contributed by atoms with E-state index in [4.69, 9.17) is 4.37 Å². The minimum Gasteiger partial charge on any atom is -0.465 e. The average molecular weight is 485 g/mol. The van der Waals surface area contributed by atoms with Crippen molar-refractivity contribution in [1.82, 2.24) is 9.27 Å². The molecule has 1 saturated carbocycles. The molecular weight excluding hydrogens is 452 g/mol. The number of amides is 1. The van der Waals surface area contributed by atoms with Gasteiger partial charge in [0.2, 0.25) is 0 Å². The molecule has 3 aromatic rings. The van der Waals surface area contributed by atoms with Crippen LogP contribution < -0.4 is 9.80 Å². The molecule has 0 unspecified atom stereocenters. The van der Waals surface area contributed by atoms with Crippen molar-refractivity contribution in [2.24, 2.45) is 5.92 Å². The van der Waals surface area contributed by atoms with Crippen LogP contribution in [0.3, 0.4) is 0 Å². The molecule has 0 radical (unpaired) electrons. The summed E-state index contributed by atoms with van der Waals surface area (Å²) in [6, 6.07) is 10.7. The predicted molar refractivity (Wildman–Crippen MR) is 138 cm³/mol. The maximum atomic E-state index is 11.4. The van der Waals surface area contributed by atoms with Gasteiger partial charge in [-0.1, -0.05) is 12.1 Å². The van der Waals surface area contributed by atoms with Gasteiger partial charge in [-0.2, -0.15) is 4.37 Å². The monoisotopic (exact) mass is 484 g/mol. The summed E-state index contributed by atoms with van der Waals surface area (Å²) in [7, 11) is 1.65. The number of nitrogens with zero attached hydrogens (tertiary/aromatic N) is 4. The summed E-state index contributed by atoms with van der Waals surface area (Å²) >= 11 is 3.14. The van der Waals surface area contributed by atoms with Gasteiger partial charge in [-0.15, -0.1) is 11.3 Å². The van der Waals surface area contributed by atoms with Crippen LogP contribution in [-0.4, -0.2) is 60.2 Å². The normalized spacial score (nSPS) is 22.0. The summed E-state index contributed by atoms with van der Waals surface area (Å²) in [4.78, 5) is 17.8. The molecule has 1 amide bonds. The fourth-order valence-electron chi connectivity index (χ4n) is 5.39. The predicted octanol–water partition coefficient (Wildman–Crippen LogP) is 5.96. The van der Waals surface area contributed by atoms with Crippen molar-refractivity contribution >= 4 is 49.9 Å². The van der Waals surface area contributed by atoms with Gasteiger partial charge in [0.05, 0.1) is 4.70 Å². The van der Waals surface area contributed by atoms with Crippen LogP contribution in [0.1, 0.15) is 43.6 Å². The molecule has 3 heterocycles. The number of aromatic nitrogens is 1. The van der Waals surface area contributed by atoms with Crippen molar-refractivity contribution in [3.63, 3.8) is 0 Å². The highest BCUT2D eigenvalue weighted by Gasteiger charge is 2.27. The Hall–Kier alpha value is -2.16. The van der Waals surface area contributed by atoms with Crippen LogP contribution in [0.5, 0.6) is 0 Å². The molecule has 1 aromatic carbocycles. The molecule has 2 fully saturated rings. The summed E-state index contributed by atoms with van der Waals surface area (Å²) in [6.45, 7) is 5.52. The molecule has 8 heteroatoms. The SMILES string of the molecule is CN(C(=O)O)c1sccc1C1CCC(CCN2CCN(c3nsc4ccccc34)CC2)CC1. The summed E-state index contributed by atoms with van der Waals surface area (Å²) in [5.74, 6) is 2.46. The number of fused-ring (bicyclic) bond motifs is 1. The van der Waals surface area contributed by atoms with Crippen molar-refractivity contribution in [2.75, 3.05) is 49.6 Å². The Kier molecular flexibility index (Phi) is 6.85. The van der Waals surface area contributed by atoms with E-state index in [1.807, 2.05) is 5.38 Å². The van der Waals surface area contributed by atoms with Crippen LogP contribution in [-0.2, 0) is 0 Å². The van der Waals surface area contributed by atoms with Crippen LogP contribution >= 0.6 is 22.9 Å². The van der Waals surface area contributed by atoms with Gasteiger partial charge >= 0.3 is 6.09 Å². The molecule has 0 atom stereocenters. The van der Waals surface area contributed by atoms with Crippen molar-refractivity contribution in [3.05, 3.63) is 41.3 Å². The lowest BCUT2D eigenvalue weighted by Crippen LogP contribution is -2.47. The highest BCUT2D eigenvalue weighted by atomic mass is 32.1. The lowest BCUT2D eigenvalue weighted by Gasteiger charge is -2.36. The molecule has 0 spiro atoms. The van der Waals surface area contributed by atoms with Crippen molar-refractivity contribution in [3.8, 4) is 0 Å². The minimum atomic E-state index is -0.879. The standard InChI is InChI=1S/C25H32N4O2S2/c1-27(25(30)31)24-20(11-17-32-24)19-8-6-18(7-9-19)10-12-28-13-15-29(16-14-28)23-21-4-2-3-5-22(21)33-26-23/h2-5,11,17-19H,6-10,12-16H2,1H3,(H,30,31). The topological polar surface area (TPSA) is 59.9 Å². The zero-order chi connectivity index (χ0) is 22.8. The maximum absolute atomic E-state index is 11.4. The van der Waals surface area contributed by atoms with E-state index < -0.39 is 6.09 Å². The molecule has 5 rings (SSSR count). The van der Waals surface area contributed by atoms with E-state index in [2.05, 4.69) is 40.1 Å². The highest BCUT2D eigenvalue weighted by molar-refractivity contribution is 7.14. The number of carboxylic acid groups (broad SMARTS) is 1. The molecule has 0 bridgehead atoms. The first kappa shape index (κ1) is 22.6. The van der Waals surface area contributed by atoms with E-state index in [9.17, 15) is 9.90 Å². The molecule has 2 aromatic heterocycles. The van der Waals surface area contributed by atoms with Gasteiger partial charge in [0.1, 0.15) is 10.8 Å². The van der Waals surface area contributed by atoms with Crippen molar-refractivity contribution in [1.29, 1.82) is 0 Å². The summed E-state index contributed by atoms with van der Waals surface area (Å²) in [5, 5.41) is 13.6.